The van der Waals surface area contributed by atoms with E-state index in [2.05, 4.69) is 0 Å². The van der Waals surface area contributed by atoms with Gasteiger partial charge in [-0.2, -0.15) is 0 Å². The van der Waals surface area contributed by atoms with Gasteiger partial charge in [0.1, 0.15) is 22.8 Å². The van der Waals surface area contributed by atoms with Crippen molar-refractivity contribution in [1.82, 2.24) is 0 Å². The minimum Gasteiger partial charge on any atom is -0.508 e. The number of aryl methyl sites for hydroxylation is 1. The zero-order valence-corrected chi connectivity index (χ0v) is 13.8. The molecule has 0 atom stereocenters. The van der Waals surface area contributed by atoms with Crippen molar-refractivity contribution < 1.29 is 29.2 Å². The van der Waals surface area contributed by atoms with Gasteiger partial charge >= 0.3 is 0 Å². The number of carbonyl (C=O) groups excluding carboxylic acids is 1. The number of hydrogen-bond acceptors (Lipinski definition) is 6. The van der Waals surface area contributed by atoms with Gasteiger partial charge in [0.05, 0.1) is 21.3 Å². The molecule has 0 aliphatic rings. The van der Waals surface area contributed by atoms with Crippen LogP contribution in [0.3, 0.4) is 0 Å². The minimum absolute atomic E-state index is 0.0655. The molecule has 2 rings (SSSR count). The summed E-state index contributed by atoms with van der Waals surface area (Å²) in [6.45, 7) is 0. The van der Waals surface area contributed by atoms with E-state index in [4.69, 9.17) is 14.2 Å². The Morgan fingerprint density at radius 1 is 0.917 bits per heavy atom. The topological polar surface area (TPSA) is 85.2 Å². The normalized spacial score (nSPS) is 10.3. The zero-order valence-electron chi connectivity index (χ0n) is 13.8. The summed E-state index contributed by atoms with van der Waals surface area (Å²) in [6, 6.07) is 7.84. The SMILES string of the molecule is COc1ccc(CCC(=O)c2c(O)cc(O)cc2OC)cc1OC. The van der Waals surface area contributed by atoms with Gasteiger partial charge in [0.25, 0.3) is 0 Å². The summed E-state index contributed by atoms with van der Waals surface area (Å²) in [4.78, 5) is 12.4. The molecule has 0 saturated heterocycles. The van der Waals surface area contributed by atoms with Gasteiger partial charge in [0.2, 0.25) is 0 Å². The quantitative estimate of drug-likeness (QED) is 0.758. The summed E-state index contributed by atoms with van der Waals surface area (Å²) in [5, 5.41) is 19.4. The fourth-order valence-electron chi connectivity index (χ4n) is 2.45. The molecule has 0 amide bonds. The van der Waals surface area contributed by atoms with Crippen LogP contribution in [0.1, 0.15) is 22.3 Å². The van der Waals surface area contributed by atoms with Gasteiger partial charge in [-0.15, -0.1) is 0 Å². The van der Waals surface area contributed by atoms with E-state index in [0.717, 1.165) is 11.6 Å². The first kappa shape index (κ1) is 17.5. The monoisotopic (exact) mass is 332 g/mol. The zero-order chi connectivity index (χ0) is 17.7. The van der Waals surface area contributed by atoms with Crippen LogP contribution in [0.15, 0.2) is 30.3 Å². The van der Waals surface area contributed by atoms with Crippen LogP contribution in [0.5, 0.6) is 28.7 Å². The van der Waals surface area contributed by atoms with Crippen molar-refractivity contribution in [3.63, 3.8) is 0 Å². The number of phenolic OH excluding ortho intramolecular Hbond substituents is 2. The maximum atomic E-state index is 12.4. The number of ketones is 1. The molecule has 0 fully saturated rings. The number of phenols is 2. The molecule has 0 heterocycles. The highest BCUT2D eigenvalue weighted by molar-refractivity contribution is 6.01. The van der Waals surface area contributed by atoms with Crippen molar-refractivity contribution >= 4 is 5.78 Å². The Bertz CT molecular complexity index is 739. The van der Waals surface area contributed by atoms with Crippen LogP contribution in [0.25, 0.3) is 0 Å². The largest absolute Gasteiger partial charge is 0.508 e. The fourth-order valence-corrected chi connectivity index (χ4v) is 2.45. The highest BCUT2D eigenvalue weighted by Crippen LogP contribution is 2.34. The van der Waals surface area contributed by atoms with Crippen LogP contribution in [0.2, 0.25) is 0 Å². The Labute approximate surface area is 140 Å². The Balaban J connectivity index is 2.17. The molecular weight excluding hydrogens is 312 g/mol. The van der Waals surface area contributed by atoms with E-state index in [1.807, 2.05) is 6.07 Å². The number of carbonyl (C=O) groups is 1. The first-order valence-electron chi connectivity index (χ1n) is 7.34. The van der Waals surface area contributed by atoms with Crippen molar-refractivity contribution in [2.45, 2.75) is 12.8 Å². The second kappa shape index (κ2) is 7.59. The second-order valence-electron chi connectivity index (χ2n) is 5.15. The van der Waals surface area contributed by atoms with Crippen molar-refractivity contribution in [1.29, 1.82) is 0 Å². The summed E-state index contributed by atoms with van der Waals surface area (Å²) >= 11 is 0. The lowest BCUT2D eigenvalue weighted by molar-refractivity contribution is 0.0977. The lowest BCUT2D eigenvalue weighted by Crippen LogP contribution is -2.04. The number of aromatic hydroxyl groups is 2. The summed E-state index contributed by atoms with van der Waals surface area (Å²) in [6.07, 6.45) is 0.632. The van der Waals surface area contributed by atoms with Gasteiger partial charge in [0, 0.05) is 18.6 Å². The van der Waals surface area contributed by atoms with E-state index in [9.17, 15) is 15.0 Å². The third-order valence-electron chi connectivity index (χ3n) is 3.65. The molecule has 6 heteroatoms. The standard InChI is InChI=1S/C18H20O6/c1-22-15-7-5-11(8-16(15)23-2)4-6-13(20)18-14(21)9-12(19)10-17(18)24-3/h5,7-10,19,21H,4,6H2,1-3H3. The maximum Gasteiger partial charge on any atom is 0.170 e. The third kappa shape index (κ3) is 3.71. The Morgan fingerprint density at radius 2 is 1.58 bits per heavy atom. The van der Waals surface area contributed by atoms with Crippen molar-refractivity contribution in [2.24, 2.45) is 0 Å². The van der Waals surface area contributed by atoms with Crippen LogP contribution in [0.4, 0.5) is 0 Å². The first-order valence-corrected chi connectivity index (χ1v) is 7.34. The van der Waals surface area contributed by atoms with Crippen LogP contribution < -0.4 is 14.2 Å². The predicted octanol–water partition coefficient (Wildman–Crippen LogP) is 2.94. The summed E-state index contributed by atoms with van der Waals surface area (Å²) in [5.74, 6) is 0.604. The van der Waals surface area contributed by atoms with Gasteiger partial charge in [-0.1, -0.05) is 6.07 Å². The molecule has 2 aromatic rings. The molecule has 2 aromatic carbocycles. The average Bonchev–Trinajstić information content (AvgIpc) is 2.58. The molecular formula is C18H20O6. The number of hydrogen-bond donors (Lipinski definition) is 2. The van der Waals surface area contributed by atoms with E-state index >= 15 is 0 Å². The maximum absolute atomic E-state index is 12.4. The third-order valence-corrected chi connectivity index (χ3v) is 3.65. The molecule has 0 bridgehead atoms. The molecule has 0 spiro atoms. The highest BCUT2D eigenvalue weighted by atomic mass is 16.5. The van der Waals surface area contributed by atoms with Crippen LogP contribution in [-0.4, -0.2) is 37.3 Å². The number of ether oxygens (including phenoxy) is 3. The van der Waals surface area contributed by atoms with Crippen LogP contribution >= 0.6 is 0 Å². The van der Waals surface area contributed by atoms with E-state index in [1.54, 1.807) is 26.4 Å². The summed E-state index contributed by atoms with van der Waals surface area (Å²) < 4.78 is 15.5. The van der Waals surface area contributed by atoms with Crippen molar-refractivity contribution in [3.05, 3.63) is 41.5 Å². The molecule has 0 saturated carbocycles. The van der Waals surface area contributed by atoms with Crippen LogP contribution in [-0.2, 0) is 6.42 Å². The van der Waals surface area contributed by atoms with Crippen molar-refractivity contribution in [3.8, 4) is 28.7 Å². The Hall–Kier alpha value is -2.89. The van der Waals surface area contributed by atoms with Crippen LogP contribution in [0, 0.1) is 0 Å². The molecule has 6 nitrogen and oxygen atoms in total. The fraction of sp³-hybridized carbons (Fsp3) is 0.278. The van der Waals surface area contributed by atoms with Crippen molar-refractivity contribution in [2.75, 3.05) is 21.3 Å². The number of benzene rings is 2. The first-order chi connectivity index (χ1) is 11.5. The van der Waals surface area contributed by atoms with Gasteiger partial charge in [-0.05, 0) is 24.1 Å². The molecule has 128 valence electrons. The number of rotatable bonds is 7. The van der Waals surface area contributed by atoms with Gasteiger partial charge < -0.3 is 24.4 Å². The Kier molecular flexibility index (Phi) is 5.52. The average molecular weight is 332 g/mol. The van der Waals surface area contributed by atoms with E-state index < -0.39 is 0 Å². The number of methoxy groups -OCH3 is 3. The molecule has 0 aliphatic carbocycles. The summed E-state index contributed by atoms with van der Waals surface area (Å²) in [5.41, 5.74) is 0.967. The lowest BCUT2D eigenvalue weighted by atomic mass is 10.0. The molecule has 24 heavy (non-hydrogen) atoms. The van der Waals surface area contributed by atoms with E-state index in [0.29, 0.717) is 17.9 Å². The minimum atomic E-state index is -0.302. The number of Topliss-reactive ketones (excluding diaryl/α,β-unsaturated/α-hetero) is 1. The molecule has 0 radical (unpaired) electrons. The molecule has 0 aliphatic heterocycles. The Morgan fingerprint density at radius 3 is 2.21 bits per heavy atom. The van der Waals surface area contributed by atoms with Gasteiger partial charge in [-0.25, -0.2) is 0 Å². The second-order valence-corrected chi connectivity index (χ2v) is 5.15. The smallest absolute Gasteiger partial charge is 0.170 e. The molecule has 2 N–H and O–H groups in total. The highest BCUT2D eigenvalue weighted by Gasteiger charge is 2.19. The molecule has 0 unspecified atom stereocenters. The predicted molar refractivity (Wildman–Crippen MR) is 88.5 cm³/mol. The molecule has 0 aromatic heterocycles. The van der Waals surface area contributed by atoms with E-state index in [1.165, 1.54) is 13.2 Å². The van der Waals surface area contributed by atoms with Gasteiger partial charge in [0.15, 0.2) is 17.3 Å². The summed E-state index contributed by atoms with van der Waals surface area (Å²) in [7, 11) is 4.48. The lowest BCUT2D eigenvalue weighted by Gasteiger charge is -2.11. The van der Waals surface area contributed by atoms with E-state index in [-0.39, 0.29) is 35.0 Å². The van der Waals surface area contributed by atoms with Gasteiger partial charge in [-0.3, -0.25) is 4.79 Å².